The van der Waals surface area contributed by atoms with E-state index < -0.39 is 0 Å². The second-order valence-electron chi connectivity index (χ2n) is 7.75. The molecule has 2 N–H and O–H groups in total. The first-order chi connectivity index (χ1) is 14.6. The maximum Gasteiger partial charge on any atom is 0.290 e. The van der Waals surface area contributed by atoms with E-state index in [1.807, 2.05) is 24.5 Å². The molecule has 0 atom stereocenters. The van der Waals surface area contributed by atoms with Crippen molar-refractivity contribution in [1.82, 2.24) is 25.4 Å². The topological polar surface area (TPSA) is 114 Å². The average molecular weight is 409 g/mol. The summed E-state index contributed by atoms with van der Waals surface area (Å²) in [5.41, 5.74) is 3.28. The first-order valence-corrected chi connectivity index (χ1v) is 10.1. The van der Waals surface area contributed by atoms with Gasteiger partial charge in [0.1, 0.15) is 0 Å². The van der Waals surface area contributed by atoms with E-state index in [9.17, 15) is 0 Å². The van der Waals surface area contributed by atoms with Crippen LogP contribution in [0.5, 0.6) is 0 Å². The van der Waals surface area contributed by atoms with Crippen LogP contribution in [0.4, 0.5) is 0 Å². The lowest BCUT2D eigenvalue weighted by Crippen LogP contribution is -2.34. The minimum absolute atomic E-state index is 0.250. The molecule has 0 amide bonds. The Hall–Kier alpha value is -3.13. The number of benzene rings is 1. The fourth-order valence-electron chi connectivity index (χ4n) is 3.12. The summed E-state index contributed by atoms with van der Waals surface area (Å²) in [7, 11) is 0. The van der Waals surface area contributed by atoms with Crippen LogP contribution in [0.3, 0.4) is 0 Å². The minimum atomic E-state index is -0.250. The van der Waals surface area contributed by atoms with Gasteiger partial charge in [0.25, 0.3) is 12.4 Å². The van der Waals surface area contributed by atoms with E-state index in [1.165, 1.54) is 24.8 Å². The quantitative estimate of drug-likeness (QED) is 0.567. The number of carboxylic acid groups (broad SMARTS) is 1. The summed E-state index contributed by atoms with van der Waals surface area (Å²) in [4.78, 5) is 21.6. The summed E-state index contributed by atoms with van der Waals surface area (Å²) in [5, 5.41) is 14.4. The number of aromatic nitrogens is 4. The molecule has 0 unspecified atom stereocenters. The van der Waals surface area contributed by atoms with Gasteiger partial charge in [-0.15, -0.1) is 0 Å². The molecular weight excluding hydrogens is 382 g/mol. The SMILES string of the molecule is CC(C)Cc1ccc(-c2nc(-c3ncc(CNC4CCC4)cn3)no2)cc1.O=CO. The molecule has 0 spiro atoms. The molecule has 2 heterocycles. The van der Waals surface area contributed by atoms with Gasteiger partial charge in [-0.1, -0.05) is 37.6 Å². The van der Waals surface area contributed by atoms with Crippen molar-refractivity contribution >= 4 is 6.47 Å². The molecule has 3 aromatic rings. The van der Waals surface area contributed by atoms with Crippen LogP contribution in [0.25, 0.3) is 23.1 Å². The largest absolute Gasteiger partial charge is 0.483 e. The highest BCUT2D eigenvalue weighted by Gasteiger charge is 2.17. The summed E-state index contributed by atoms with van der Waals surface area (Å²) in [6.07, 6.45) is 8.57. The van der Waals surface area contributed by atoms with Gasteiger partial charge >= 0.3 is 0 Å². The molecule has 1 aliphatic rings. The zero-order valence-electron chi connectivity index (χ0n) is 17.3. The maximum absolute atomic E-state index is 8.36. The first-order valence-electron chi connectivity index (χ1n) is 10.1. The summed E-state index contributed by atoms with van der Waals surface area (Å²) in [5.74, 6) is 2.01. The Morgan fingerprint density at radius 3 is 2.37 bits per heavy atom. The molecule has 2 aromatic heterocycles. The molecule has 30 heavy (non-hydrogen) atoms. The predicted molar refractivity (Wildman–Crippen MR) is 112 cm³/mol. The van der Waals surface area contributed by atoms with Crippen molar-refractivity contribution in [3.8, 4) is 23.1 Å². The van der Waals surface area contributed by atoms with E-state index in [2.05, 4.69) is 51.4 Å². The van der Waals surface area contributed by atoms with Gasteiger partial charge in [-0.05, 0) is 42.9 Å². The molecule has 4 rings (SSSR count). The summed E-state index contributed by atoms with van der Waals surface area (Å²) in [6.45, 7) is 4.98. The number of carbonyl (C=O) groups is 1. The number of rotatable bonds is 7. The highest BCUT2D eigenvalue weighted by molar-refractivity contribution is 5.56. The van der Waals surface area contributed by atoms with Crippen LogP contribution in [-0.4, -0.2) is 37.7 Å². The summed E-state index contributed by atoms with van der Waals surface area (Å²) < 4.78 is 5.40. The lowest BCUT2D eigenvalue weighted by Gasteiger charge is -2.26. The fourth-order valence-corrected chi connectivity index (χ4v) is 3.12. The second-order valence-corrected chi connectivity index (χ2v) is 7.75. The predicted octanol–water partition coefficient (Wildman–Crippen LogP) is 3.74. The van der Waals surface area contributed by atoms with Crippen molar-refractivity contribution in [2.75, 3.05) is 0 Å². The number of nitrogens with one attached hydrogen (secondary N) is 1. The van der Waals surface area contributed by atoms with Crippen LogP contribution in [-0.2, 0) is 17.8 Å². The van der Waals surface area contributed by atoms with E-state index in [0.29, 0.717) is 29.5 Å². The highest BCUT2D eigenvalue weighted by atomic mass is 16.5. The Labute approximate surface area is 175 Å². The molecule has 1 fully saturated rings. The average Bonchev–Trinajstić information content (AvgIpc) is 3.18. The van der Waals surface area contributed by atoms with Gasteiger partial charge in [0, 0.05) is 36.1 Å². The van der Waals surface area contributed by atoms with Crippen molar-refractivity contribution in [2.24, 2.45) is 5.92 Å². The number of hydrogen-bond donors (Lipinski definition) is 2. The number of hydrogen-bond acceptors (Lipinski definition) is 7. The van der Waals surface area contributed by atoms with Gasteiger partial charge in [-0.25, -0.2) is 9.97 Å². The van der Waals surface area contributed by atoms with Crippen LogP contribution < -0.4 is 5.32 Å². The maximum atomic E-state index is 8.36. The van der Waals surface area contributed by atoms with E-state index >= 15 is 0 Å². The molecule has 0 aliphatic heterocycles. The second kappa shape index (κ2) is 10.6. The standard InChI is InChI=1S/C21H25N5O.CH2O2/c1-14(2)10-15-6-8-17(9-7-15)21-25-20(26-27-21)19-23-12-16(13-24-19)11-22-18-4-3-5-18;2-1-3/h6-9,12-14,18,22H,3-5,10-11H2,1-2H3;1H,(H,2,3). The van der Waals surface area contributed by atoms with Crippen LogP contribution in [0.1, 0.15) is 44.2 Å². The monoisotopic (exact) mass is 409 g/mol. The Kier molecular flexibility index (Phi) is 7.62. The molecule has 8 nitrogen and oxygen atoms in total. The first kappa shape index (κ1) is 21.6. The molecule has 1 saturated carbocycles. The van der Waals surface area contributed by atoms with Crippen molar-refractivity contribution in [1.29, 1.82) is 0 Å². The molecule has 158 valence electrons. The normalized spacial score (nSPS) is 13.4. The van der Waals surface area contributed by atoms with Gasteiger partial charge in [-0.2, -0.15) is 4.98 Å². The lowest BCUT2D eigenvalue weighted by molar-refractivity contribution is -0.122. The minimum Gasteiger partial charge on any atom is -0.483 e. The van der Waals surface area contributed by atoms with Crippen molar-refractivity contribution in [2.45, 2.75) is 52.1 Å². The Morgan fingerprint density at radius 1 is 1.13 bits per heavy atom. The van der Waals surface area contributed by atoms with Gasteiger partial charge < -0.3 is 14.9 Å². The van der Waals surface area contributed by atoms with Crippen LogP contribution in [0, 0.1) is 5.92 Å². The van der Waals surface area contributed by atoms with Gasteiger partial charge in [0.05, 0.1) is 0 Å². The molecule has 0 radical (unpaired) electrons. The van der Waals surface area contributed by atoms with E-state index in [4.69, 9.17) is 14.4 Å². The molecule has 0 bridgehead atoms. The summed E-state index contributed by atoms with van der Waals surface area (Å²) in [6, 6.07) is 8.91. The Bertz CT molecular complexity index is 919. The zero-order chi connectivity index (χ0) is 21.3. The third-order valence-electron chi connectivity index (χ3n) is 4.88. The van der Waals surface area contributed by atoms with E-state index in [1.54, 1.807) is 0 Å². The fraction of sp³-hybridized carbons (Fsp3) is 0.409. The van der Waals surface area contributed by atoms with Crippen LogP contribution in [0.15, 0.2) is 41.2 Å². The van der Waals surface area contributed by atoms with Crippen LogP contribution in [0.2, 0.25) is 0 Å². The molecular formula is C22H27N5O3. The van der Waals surface area contributed by atoms with Crippen LogP contribution >= 0.6 is 0 Å². The Morgan fingerprint density at radius 2 is 1.80 bits per heavy atom. The van der Waals surface area contributed by atoms with Gasteiger partial charge in [0.2, 0.25) is 11.6 Å². The van der Waals surface area contributed by atoms with Crippen molar-refractivity contribution in [3.05, 3.63) is 47.8 Å². The Balaban J connectivity index is 0.000000806. The van der Waals surface area contributed by atoms with E-state index in [0.717, 1.165) is 24.1 Å². The third kappa shape index (κ3) is 5.93. The smallest absolute Gasteiger partial charge is 0.290 e. The molecule has 8 heteroatoms. The number of nitrogens with zero attached hydrogens (tertiary/aromatic N) is 4. The van der Waals surface area contributed by atoms with Crippen molar-refractivity contribution in [3.63, 3.8) is 0 Å². The molecule has 1 aliphatic carbocycles. The lowest BCUT2D eigenvalue weighted by atomic mass is 9.93. The molecule has 1 aromatic carbocycles. The third-order valence-corrected chi connectivity index (χ3v) is 4.88. The zero-order valence-corrected chi connectivity index (χ0v) is 17.3. The highest BCUT2D eigenvalue weighted by Crippen LogP contribution is 2.22. The summed E-state index contributed by atoms with van der Waals surface area (Å²) >= 11 is 0. The van der Waals surface area contributed by atoms with Gasteiger partial charge in [-0.3, -0.25) is 4.79 Å². The van der Waals surface area contributed by atoms with Gasteiger partial charge in [0.15, 0.2) is 0 Å². The van der Waals surface area contributed by atoms with E-state index in [-0.39, 0.29) is 6.47 Å². The molecule has 0 saturated heterocycles. The van der Waals surface area contributed by atoms with Crippen molar-refractivity contribution < 1.29 is 14.4 Å².